The molecule has 0 bridgehead atoms. The molecule has 0 saturated heterocycles. The molecule has 0 rings (SSSR count). The first-order valence-corrected chi connectivity index (χ1v) is 5.62. The summed E-state index contributed by atoms with van der Waals surface area (Å²) in [6.45, 7) is 9.38. The number of nitrogens with one attached hydrogen (secondary N) is 2. The molecule has 0 fully saturated rings. The average molecular weight is 230 g/mol. The second-order valence-electron chi connectivity index (χ2n) is 4.10. The van der Waals surface area contributed by atoms with Crippen molar-refractivity contribution in [2.75, 3.05) is 6.61 Å². The third-order valence-electron chi connectivity index (χ3n) is 2.19. The number of esters is 1. The van der Waals surface area contributed by atoms with E-state index in [0.29, 0.717) is 6.61 Å². The van der Waals surface area contributed by atoms with Gasteiger partial charge in [0.25, 0.3) is 0 Å². The summed E-state index contributed by atoms with van der Waals surface area (Å²) in [5.41, 5.74) is 0. The molecular formula is C11H22N2O3. The first kappa shape index (κ1) is 14.7. The van der Waals surface area contributed by atoms with Gasteiger partial charge in [0.15, 0.2) is 0 Å². The zero-order valence-corrected chi connectivity index (χ0v) is 10.7. The van der Waals surface area contributed by atoms with Crippen LogP contribution in [0, 0.1) is 5.92 Å². The zero-order chi connectivity index (χ0) is 12.7. The SMILES string of the molecule is CCOC(=O)C(C)C(C)NC(=O)NC(C)C. The minimum Gasteiger partial charge on any atom is -0.466 e. The van der Waals surface area contributed by atoms with E-state index < -0.39 is 0 Å². The first-order chi connectivity index (χ1) is 7.38. The Morgan fingerprint density at radius 3 is 2.12 bits per heavy atom. The van der Waals surface area contributed by atoms with E-state index in [9.17, 15) is 9.59 Å². The highest BCUT2D eigenvalue weighted by Crippen LogP contribution is 2.05. The van der Waals surface area contributed by atoms with E-state index >= 15 is 0 Å². The number of hydrogen-bond acceptors (Lipinski definition) is 3. The van der Waals surface area contributed by atoms with Crippen LogP contribution in [-0.2, 0) is 9.53 Å². The molecule has 2 unspecified atom stereocenters. The molecule has 0 aliphatic heterocycles. The van der Waals surface area contributed by atoms with Gasteiger partial charge in [0.2, 0.25) is 0 Å². The molecule has 0 aliphatic carbocycles. The Labute approximate surface area is 96.9 Å². The molecular weight excluding hydrogens is 208 g/mol. The van der Waals surface area contributed by atoms with Crippen molar-refractivity contribution < 1.29 is 14.3 Å². The Morgan fingerprint density at radius 2 is 1.69 bits per heavy atom. The van der Waals surface area contributed by atoms with Gasteiger partial charge in [-0.3, -0.25) is 4.79 Å². The number of hydrogen-bond donors (Lipinski definition) is 2. The number of carbonyl (C=O) groups is 2. The monoisotopic (exact) mass is 230 g/mol. The van der Waals surface area contributed by atoms with Crippen LogP contribution >= 0.6 is 0 Å². The summed E-state index contributed by atoms with van der Waals surface area (Å²) >= 11 is 0. The summed E-state index contributed by atoms with van der Waals surface area (Å²) in [4.78, 5) is 22.8. The lowest BCUT2D eigenvalue weighted by Gasteiger charge is -2.20. The minimum atomic E-state index is -0.349. The Morgan fingerprint density at radius 1 is 1.12 bits per heavy atom. The van der Waals surface area contributed by atoms with E-state index in [1.807, 2.05) is 13.8 Å². The predicted octanol–water partition coefficient (Wildman–Crippen LogP) is 1.28. The van der Waals surface area contributed by atoms with E-state index in [-0.39, 0.29) is 30.0 Å². The van der Waals surface area contributed by atoms with E-state index in [0.717, 1.165) is 0 Å². The van der Waals surface area contributed by atoms with Crippen LogP contribution in [0.15, 0.2) is 0 Å². The quantitative estimate of drug-likeness (QED) is 0.699. The Kier molecular flexibility index (Phi) is 6.53. The molecule has 0 aromatic heterocycles. The van der Waals surface area contributed by atoms with Crippen molar-refractivity contribution in [3.8, 4) is 0 Å². The maximum absolute atomic E-state index is 11.4. The van der Waals surface area contributed by atoms with Gasteiger partial charge in [-0.25, -0.2) is 4.79 Å². The molecule has 0 aromatic carbocycles. The van der Waals surface area contributed by atoms with Crippen molar-refractivity contribution in [2.45, 2.75) is 46.7 Å². The molecule has 2 N–H and O–H groups in total. The summed E-state index contributed by atoms with van der Waals surface area (Å²) in [5.74, 6) is -0.641. The molecule has 5 heteroatoms. The van der Waals surface area contributed by atoms with E-state index in [1.165, 1.54) is 0 Å². The van der Waals surface area contributed by atoms with Gasteiger partial charge in [0, 0.05) is 12.1 Å². The third-order valence-corrected chi connectivity index (χ3v) is 2.19. The van der Waals surface area contributed by atoms with Gasteiger partial charge in [-0.15, -0.1) is 0 Å². The van der Waals surface area contributed by atoms with E-state index in [4.69, 9.17) is 4.74 Å². The fourth-order valence-corrected chi connectivity index (χ4v) is 1.11. The van der Waals surface area contributed by atoms with Crippen molar-refractivity contribution in [1.29, 1.82) is 0 Å². The molecule has 0 saturated carbocycles. The lowest BCUT2D eigenvalue weighted by molar-refractivity contribution is -0.148. The maximum Gasteiger partial charge on any atom is 0.315 e. The Bertz CT molecular complexity index is 241. The molecule has 0 radical (unpaired) electrons. The Hall–Kier alpha value is -1.26. The van der Waals surface area contributed by atoms with Crippen LogP contribution in [0.4, 0.5) is 4.79 Å². The van der Waals surface area contributed by atoms with Gasteiger partial charge in [-0.2, -0.15) is 0 Å². The number of ether oxygens (including phenoxy) is 1. The normalized spacial score (nSPS) is 14.1. The standard InChI is InChI=1S/C11H22N2O3/c1-6-16-10(14)8(4)9(5)13-11(15)12-7(2)3/h7-9H,6H2,1-5H3,(H2,12,13,15). The highest BCUT2D eigenvalue weighted by molar-refractivity contribution is 5.77. The van der Waals surface area contributed by atoms with Gasteiger partial charge < -0.3 is 15.4 Å². The van der Waals surface area contributed by atoms with Gasteiger partial charge >= 0.3 is 12.0 Å². The van der Waals surface area contributed by atoms with Gasteiger partial charge in [-0.05, 0) is 34.6 Å². The molecule has 0 spiro atoms. The van der Waals surface area contributed by atoms with Crippen LogP contribution < -0.4 is 10.6 Å². The predicted molar refractivity (Wildman–Crippen MR) is 62.1 cm³/mol. The average Bonchev–Trinajstić information content (AvgIpc) is 2.15. The van der Waals surface area contributed by atoms with Gasteiger partial charge in [0.05, 0.1) is 12.5 Å². The summed E-state index contributed by atoms with van der Waals surface area (Å²) in [6, 6.07) is -0.443. The molecule has 2 atom stereocenters. The fraction of sp³-hybridized carbons (Fsp3) is 0.818. The number of urea groups is 1. The van der Waals surface area contributed by atoms with Gasteiger partial charge in [-0.1, -0.05) is 0 Å². The summed E-state index contributed by atoms with van der Waals surface area (Å²) in [6.07, 6.45) is 0. The minimum absolute atomic E-state index is 0.0742. The molecule has 5 nitrogen and oxygen atoms in total. The van der Waals surface area contributed by atoms with Crippen molar-refractivity contribution in [3.63, 3.8) is 0 Å². The lowest BCUT2D eigenvalue weighted by atomic mass is 10.0. The molecule has 0 heterocycles. The second-order valence-corrected chi connectivity index (χ2v) is 4.10. The number of carbonyl (C=O) groups excluding carboxylic acids is 2. The summed E-state index contributed by atoms with van der Waals surface area (Å²) in [7, 11) is 0. The summed E-state index contributed by atoms with van der Waals surface area (Å²) in [5, 5.41) is 5.40. The van der Waals surface area contributed by atoms with Crippen LogP contribution in [0.2, 0.25) is 0 Å². The van der Waals surface area contributed by atoms with E-state index in [2.05, 4.69) is 10.6 Å². The van der Waals surface area contributed by atoms with Crippen LogP contribution in [-0.4, -0.2) is 30.7 Å². The number of rotatable bonds is 5. The zero-order valence-electron chi connectivity index (χ0n) is 10.7. The topological polar surface area (TPSA) is 67.4 Å². The number of amides is 2. The molecule has 16 heavy (non-hydrogen) atoms. The van der Waals surface area contributed by atoms with Crippen molar-refractivity contribution >= 4 is 12.0 Å². The summed E-state index contributed by atoms with van der Waals surface area (Å²) < 4.78 is 4.88. The highest BCUT2D eigenvalue weighted by atomic mass is 16.5. The van der Waals surface area contributed by atoms with Gasteiger partial charge in [0.1, 0.15) is 0 Å². The first-order valence-electron chi connectivity index (χ1n) is 5.62. The molecule has 2 amide bonds. The van der Waals surface area contributed by atoms with Crippen LogP contribution in [0.25, 0.3) is 0 Å². The van der Waals surface area contributed by atoms with Crippen molar-refractivity contribution in [2.24, 2.45) is 5.92 Å². The maximum atomic E-state index is 11.4. The largest absolute Gasteiger partial charge is 0.466 e. The van der Waals surface area contributed by atoms with Crippen LogP contribution in [0.3, 0.4) is 0 Å². The second kappa shape index (κ2) is 7.09. The van der Waals surface area contributed by atoms with Crippen LogP contribution in [0.5, 0.6) is 0 Å². The molecule has 94 valence electrons. The highest BCUT2D eigenvalue weighted by Gasteiger charge is 2.22. The lowest BCUT2D eigenvalue weighted by Crippen LogP contribution is -2.47. The smallest absolute Gasteiger partial charge is 0.315 e. The molecule has 0 aromatic rings. The third kappa shape index (κ3) is 5.58. The van der Waals surface area contributed by atoms with E-state index in [1.54, 1.807) is 20.8 Å². The van der Waals surface area contributed by atoms with Crippen LogP contribution in [0.1, 0.15) is 34.6 Å². The fourth-order valence-electron chi connectivity index (χ4n) is 1.11. The molecule has 0 aliphatic rings. The van der Waals surface area contributed by atoms with Crippen molar-refractivity contribution in [1.82, 2.24) is 10.6 Å². The van der Waals surface area contributed by atoms with Crippen molar-refractivity contribution in [3.05, 3.63) is 0 Å². The Balaban J connectivity index is 4.09.